The van der Waals surface area contributed by atoms with E-state index in [9.17, 15) is 9.18 Å². The molecule has 0 saturated carbocycles. The zero-order valence-corrected chi connectivity index (χ0v) is 9.37. The van der Waals surface area contributed by atoms with Crippen molar-refractivity contribution in [3.8, 4) is 0 Å². The number of carbonyl (C=O) groups is 1. The molecular weight excluding hydrogens is 195 g/mol. The van der Waals surface area contributed by atoms with Gasteiger partial charge in [-0.15, -0.1) is 0 Å². The number of halogens is 1. The van der Waals surface area contributed by atoms with Crippen molar-refractivity contribution in [1.29, 1.82) is 0 Å². The third-order valence-corrected chi connectivity index (χ3v) is 2.28. The molecule has 0 aromatic rings. The summed E-state index contributed by atoms with van der Waals surface area (Å²) in [5, 5.41) is 2.76. The molecule has 0 aromatic heterocycles. The zero-order valence-electron chi connectivity index (χ0n) is 9.37. The molecule has 3 nitrogen and oxygen atoms in total. The van der Waals surface area contributed by atoms with E-state index in [1.807, 2.05) is 18.7 Å². The molecule has 1 amide bonds. The number of hydrogen-bond acceptors (Lipinski definition) is 2. The molecule has 0 radical (unpaired) electrons. The third-order valence-electron chi connectivity index (χ3n) is 2.28. The van der Waals surface area contributed by atoms with Crippen molar-refractivity contribution < 1.29 is 10.6 Å². The minimum atomic E-state index is -0.692. The molecule has 15 heavy (non-hydrogen) atoms. The summed E-state index contributed by atoms with van der Waals surface area (Å²) in [4.78, 5) is 13.2. The Morgan fingerprint density at radius 1 is 1.73 bits per heavy atom. The highest BCUT2D eigenvalue weighted by molar-refractivity contribution is 5.87. The highest BCUT2D eigenvalue weighted by Crippen LogP contribution is 2.11. The zero-order chi connectivity index (χ0) is 11.3. The minimum absolute atomic E-state index is 0. The van der Waals surface area contributed by atoms with E-state index in [4.69, 9.17) is 0 Å². The van der Waals surface area contributed by atoms with Gasteiger partial charge < -0.3 is 5.32 Å². The van der Waals surface area contributed by atoms with Crippen LogP contribution in [0.2, 0.25) is 0 Å². The maximum absolute atomic E-state index is 12.8. The molecule has 1 aliphatic heterocycles. The monoisotopic (exact) mass is 216 g/mol. The van der Waals surface area contributed by atoms with Gasteiger partial charge in [0.25, 0.3) is 0 Å². The van der Waals surface area contributed by atoms with E-state index in [1.54, 1.807) is 6.08 Å². The topological polar surface area (TPSA) is 32.3 Å². The number of likely N-dealkylation sites (tertiary alicyclic amines) is 1. The van der Waals surface area contributed by atoms with Crippen molar-refractivity contribution >= 4 is 5.91 Å². The summed E-state index contributed by atoms with van der Waals surface area (Å²) in [6.07, 6.45) is 3.23. The van der Waals surface area contributed by atoms with Crippen molar-refractivity contribution in [3.63, 3.8) is 0 Å². The van der Waals surface area contributed by atoms with Crippen molar-refractivity contribution in [1.82, 2.24) is 10.2 Å². The molecule has 1 rings (SSSR count). The molecule has 1 N–H and O–H groups in total. The lowest BCUT2D eigenvalue weighted by molar-refractivity contribution is -0.116. The number of amides is 1. The summed E-state index contributed by atoms with van der Waals surface area (Å²) in [5.74, 6) is -0.0824. The Hall–Kier alpha value is -0.900. The highest BCUT2D eigenvalue weighted by atomic mass is 19.1. The van der Waals surface area contributed by atoms with E-state index in [-0.39, 0.29) is 13.4 Å². The van der Waals surface area contributed by atoms with Crippen LogP contribution in [-0.2, 0) is 4.79 Å². The summed E-state index contributed by atoms with van der Waals surface area (Å²) >= 11 is 0. The molecule has 0 spiro atoms. The molecule has 0 bridgehead atoms. The lowest BCUT2D eigenvalue weighted by Crippen LogP contribution is -2.28. The summed E-state index contributed by atoms with van der Waals surface area (Å²) in [5.41, 5.74) is 0. The Kier molecular flexibility index (Phi) is 4.75. The van der Waals surface area contributed by atoms with Gasteiger partial charge in [0.2, 0.25) is 5.91 Å². The van der Waals surface area contributed by atoms with Crippen molar-refractivity contribution in [3.05, 3.63) is 12.2 Å². The molecule has 4 heteroatoms. The van der Waals surface area contributed by atoms with Gasteiger partial charge in [-0.3, -0.25) is 9.69 Å². The van der Waals surface area contributed by atoms with Gasteiger partial charge in [0.1, 0.15) is 6.17 Å². The SMILES string of the molecule is CC(C)NC(=O)/C=C/CN1CCC(F)C1.[HH]. The Bertz CT molecular complexity index is 246. The van der Waals surface area contributed by atoms with Crippen LogP contribution in [0.4, 0.5) is 4.39 Å². The fourth-order valence-corrected chi connectivity index (χ4v) is 1.59. The fraction of sp³-hybridized carbons (Fsp3) is 0.727. The lowest BCUT2D eigenvalue weighted by atomic mass is 10.3. The van der Waals surface area contributed by atoms with Gasteiger partial charge in [-0.1, -0.05) is 6.08 Å². The minimum Gasteiger partial charge on any atom is -0.350 e. The van der Waals surface area contributed by atoms with Gasteiger partial charge in [0, 0.05) is 33.2 Å². The quantitative estimate of drug-likeness (QED) is 0.720. The average Bonchev–Trinajstić information content (AvgIpc) is 2.50. The summed E-state index contributed by atoms with van der Waals surface area (Å²) in [7, 11) is 0. The van der Waals surface area contributed by atoms with Crippen LogP contribution in [0.25, 0.3) is 0 Å². The van der Waals surface area contributed by atoms with E-state index in [0.29, 0.717) is 19.5 Å². The van der Waals surface area contributed by atoms with Crippen LogP contribution in [0.5, 0.6) is 0 Å². The van der Waals surface area contributed by atoms with E-state index < -0.39 is 6.17 Å². The standard InChI is InChI=1S/C11H19FN2O.H2/c1-9(2)13-11(15)4-3-6-14-7-5-10(12)8-14;/h3-4,9-10H,5-8H2,1-2H3,(H,13,15);1H/b4-3+;. The molecule has 1 fully saturated rings. The largest absolute Gasteiger partial charge is 0.350 e. The first-order chi connectivity index (χ1) is 7.08. The van der Waals surface area contributed by atoms with Gasteiger partial charge in [0.05, 0.1) is 0 Å². The summed E-state index contributed by atoms with van der Waals surface area (Å²) < 4.78 is 12.8. The number of carbonyl (C=O) groups excluding carboxylic acids is 1. The fourth-order valence-electron chi connectivity index (χ4n) is 1.59. The number of alkyl halides is 1. The number of nitrogens with zero attached hydrogens (tertiary/aromatic N) is 1. The summed E-state index contributed by atoms with van der Waals surface area (Å²) in [6.45, 7) is 5.78. The molecule has 1 aliphatic rings. The average molecular weight is 216 g/mol. The normalized spacial score (nSPS) is 22.8. The number of rotatable bonds is 4. The molecule has 88 valence electrons. The third kappa shape index (κ3) is 4.93. The summed E-state index contributed by atoms with van der Waals surface area (Å²) in [6, 6.07) is 0.157. The van der Waals surface area contributed by atoms with Gasteiger partial charge in [-0.2, -0.15) is 0 Å². The molecule has 0 aliphatic carbocycles. The smallest absolute Gasteiger partial charge is 0.243 e. The van der Waals surface area contributed by atoms with Crippen LogP contribution in [0, 0.1) is 0 Å². The molecule has 1 saturated heterocycles. The van der Waals surface area contributed by atoms with Crippen LogP contribution < -0.4 is 5.32 Å². The molecule has 1 atom stereocenters. The Morgan fingerprint density at radius 2 is 2.47 bits per heavy atom. The molecule has 0 aromatic carbocycles. The second kappa shape index (κ2) is 5.85. The van der Waals surface area contributed by atoms with Crippen molar-refractivity contribution in [2.24, 2.45) is 0 Å². The second-order valence-corrected chi connectivity index (χ2v) is 4.21. The van der Waals surface area contributed by atoms with Gasteiger partial charge in [0.15, 0.2) is 0 Å². The molecule has 1 unspecified atom stereocenters. The van der Waals surface area contributed by atoms with Gasteiger partial charge in [-0.05, 0) is 20.3 Å². The predicted molar refractivity (Wildman–Crippen MR) is 60.5 cm³/mol. The molecular formula is C11H21FN2O. The van der Waals surface area contributed by atoms with Gasteiger partial charge >= 0.3 is 0 Å². The Balaban J connectivity index is 0.00000225. The van der Waals surface area contributed by atoms with Crippen LogP contribution in [0.1, 0.15) is 21.7 Å². The van der Waals surface area contributed by atoms with E-state index in [2.05, 4.69) is 5.32 Å². The van der Waals surface area contributed by atoms with Crippen LogP contribution in [0.15, 0.2) is 12.2 Å². The van der Waals surface area contributed by atoms with Crippen LogP contribution in [-0.4, -0.2) is 42.7 Å². The van der Waals surface area contributed by atoms with Gasteiger partial charge in [-0.25, -0.2) is 4.39 Å². The lowest BCUT2D eigenvalue weighted by Gasteiger charge is -2.10. The Labute approximate surface area is 91.8 Å². The first kappa shape index (κ1) is 12.2. The predicted octanol–water partition coefficient (Wildman–Crippen LogP) is 1.36. The first-order valence-electron chi connectivity index (χ1n) is 5.41. The highest BCUT2D eigenvalue weighted by Gasteiger charge is 2.20. The number of nitrogens with one attached hydrogen (secondary N) is 1. The van der Waals surface area contributed by atoms with Crippen LogP contribution in [0.3, 0.4) is 0 Å². The van der Waals surface area contributed by atoms with E-state index in [0.717, 1.165) is 6.54 Å². The first-order valence-corrected chi connectivity index (χ1v) is 5.41. The van der Waals surface area contributed by atoms with E-state index in [1.165, 1.54) is 6.08 Å². The maximum atomic E-state index is 12.8. The van der Waals surface area contributed by atoms with Crippen molar-refractivity contribution in [2.75, 3.05) is 19.6 Å². The van der Waals surface area contributed by atoms with Crippen molar-refractivity contribution in [2.45, 2.75) is 32.5 Å². The van der Waals surface area contributed by atoms with Crippen LogP contribution >= 0.6 is 0 Å². The second-order valence-electron chi connectivity index (χ2n) is 4.21. The maximum Gasteiger partial charge on any atom is 0.243 e. The Morgan fingerprint density at radius 3 is 3.00 bits per heavy atom. The molecule has 1 heterocycles. The van der Waals surface area contributed by atoms with E-state index >= 15 is 0 Å². The number of hydrogen-bond donors (Lipinski definition) is 1.